The Morgan fingerprint density at radius 2 is 1.84 bits per heavy atom. The molecule has 0 radical (unpaired) electrons. The Labute approximate surface area is 195 Å². The van der Waals surface area contributed by atoms with E-state index in [2.05, 4.69) is 69.6 Å². The van der Waals surface area contributed by atoms with Crippen LogP contribution in [0, 0.1) is 0 Å². The zero-order valence-electron chi connectivity index (χ0n) is 18.7. The van der Waals surface area contributed by atoms with Gasteiger partial charge >= 0.3 is 0 Å². The third kappa shape index (κ3) is 6.48. The predicted octanol–water partition coefficient (Wildman–Crippen LogP) is 3.77. The molecule has 0 spiro atoms. The molecule has 4 rings (SSSR count). The lowest BCUT2D eigenvalue weighted by atomic mass is 10.0. The van der Waals surface area contributed by atoms with Crippen molar-refractivity contribution in [2.45, 2.75) is 25.3 Å². The number of hydrogen-bond donors (Lipinski definition) is 1. The van der Waals surface area contributed by atoms with Crippen molar-refractivity contribution < 1.29 is 4.79 Å². The largest absolute Gasteiger partial charge is 0.356 e. The number of rotatable bonds is 9. The number of thiazole rings is 1. The molecule has 0 unspecified atom stereocenters. The van der Waals surface area contributed by atoms with Gasteiger partial charge in [-0.2, -0.15) is 0 Å². The number of hydrogen-bond acceptors (Lipinski definition) is 5. The van der Waals surface area contributed by atoms with E-state index in [1.54, 1.807) is 11.3 Å². The summed E-state index contributed by atoms with van der Waals surface area (Å²) in [5.74, 6) is 0.0551. The molecule has 32 heavy (non-hydrogen) atoms. The average molecular weight is 449 g/mol. The van der Waals surface area contributed by atoms with Crippen molar-refractivity contribution in [3.05, 3.63) is 87.9 Å². The third-order valence-corrected chi connectivity index (χ3v) is 6.86. The second-order valence-corrected chi connectivity index (χ2v) is 9.44. The molecule has 1 aromatic heterocycles. The van der Waals surface area contributed by atoms with Crippen LogP contribution in [0.4, 0.5) is 0 Å². The van der Waals surface area contributed by atoms with Crippen molar-refractivity contribution in [3.63, 3.8) is 0 Å². The molecule has 1 aliphatic heterocycles. The molecular formula is C26H32N4OS. The molecule has 1 saturated heterocycles. The Morgan fingerprint density at radius 1 is 1.09 bits per heavy atom. The third-order valence-electron chi connectivity index (χ3n) is 5.96. The highest BCUT2D eigenvalue weighted by Crippen LogP contribution is 2.24. The SMILES string of the molecule is CN1CCN(CCCNC(=O)Cc2csc(Cc3ccccc3)n2)[C@H](c2ccccc2)C1. The number of likely N-dealkylation sites (N-methyl/N-ethyl adjacent to an activating group) is 1. The Kier molecular flexibility index (Phi) is 8.04. The van der Waals surface area contributed by atoms with Crippen LogP contribution in [-0.2, 0) is 17.6 Å². The van der Waals surface area contributed by atoms with Crippen molar-refractivity contribution in [1.29, 1.82) is 0 Å². The van der Waals surface area contributed by atoms with Crippen molar-refractivity contribution in [1.82, 2.24) is 20.1 Å². The first-order chi connectivity index (χ1) is 15.7. The standard InChI is InChI=1S/C26H32N4OS/c1-29-15-16-30(24(19-29)22-11-6-3-7-12-22)14-8-13-27-25(31)18-23-20-32-26(28-23)17-21-9-4-2-5-10-21/h2-7,9-12,20,24H,8,13-19H2,1H3,(H,27,31)/t24-/m0/s1. The molecule has 1 atom stereocenters. The van der Waals surface area contributed by atoms with E-state index in [9.17, 15) is 4.79 Å². The van der Waals surface area contributed by atoms with Gasteiger partial charge in [0.15, 0.2) is 0 Å². The number of carbonyl (C=O) groups excluding carboxylic acids is 1. The van der Waals surface area contributed by atoms with E-state index >= 15 is 0 Å². The van der Waals surface area contributed by atoms with Crippen LogP contribution in [-0.4, -0.2) is 60.5 Å². The number of amides is 1. The minimum absolute atomic E-state index is 0.0551. The number of nitrogens with one attached hydrogen (secondary N) is 1. The molecule has 168 valence electrons. The molecule has 6 heteroatoms. The monoisotopic (exact) mass is 448 g/mol. The topological polar surface area (TPSA) is 48.5 Å². The summed E-state index contributed by atoms with van der Waals surface area (Å²) in [5.41, 5.74) is 3.48. The summed E-state index contributed by atoms with van der Waals surface area (Å²) in [6, 6.07) is 21.5. The van der Waals surface area contributed by atoms with Crippen molar-refractivity contribution >= 4 is 17.2 Å². The summed E-state index contributed by atoms with van der Waals surface area (Å²) in [4.78, 5) is 22.0. The van der Waals surface area contributed by atoms with E-state index in [-0.39, 0.29) is 5.91 Å². The van der Waals surface area contributed by atoms with Crippen LogP contribution in [0.5, 0.6) is 0 Å². The molecule has 1 aliphatic rings. The molecule has 0 bridgehead atoms. The van der Waals surface area contributed by atoms with Gasteiger partial charge in [-0.3, -0.25) is 9.69 Å². The van der Waals surface area contributed by atoms with E-state index < -0.39 is 0 Å². The van der Waals surface area contributed by atoms with E-state index in [4.69, 9.17) is 0 Å². The quantitative estimate of drug-likeness (QED) is 0.506. The van der Waals surface area contributed by atoms with Crippen LogP contribution in [0.1, 0.15) is 34.3 Å². The van der Waals surface area contributed by atoms with E-state index in [1.165, 1.54) is 11.1 Å². The van der Waals surface area contributed by atoms with Crippen molar-refractivity contribution in [3.8, 4) is 0 Å². The lowest BCUT2D eigenvalue weighted by Gasteiger charge is -2.40. The second kappa shape index (κ2) is 11.4. The van der Waals surface area contributed by atoms with Gasteiger partial charge in [0.2, 0.25) is 5.91 Å². The first kappa shape index (κ1) is 22.6. The number of aromatic nitrogens is 1. The first-order valence-corrected chi connectivity index (χ1v) is 12.3. The maximum absolute atomic E-state index is 12.4. The van der Waals surface area contributed by atoms with Gasteiger partial charge in [0.25, 0.3) is 0 Å². The molecule has 5 nitrogen and oxygen atoms in total. The Balaban J connectivity index is 1.20. The average Bonchev–Trinajstić information content (AvgIpc) is 3.25. The first-order valence-electron chi connectivity index (χ1n) is 11.4. The molecule has 2 heterocycles. The number of benzene rings is 2. The molecule has 1 N–H and O–H groups in total. The van der Waals surface area contributed by atoms with Gasteiger partial charge in [-0.15, -0.1) is 11.3 Å². The Bertz CT molecular complexity index is 976. The predicted molar refractivity (Wildman–Crippen MR) is 131 cm³/mol. The van der Waals surface area contributed by atoms with Crippen molar-refractivity contribution in [2.75, 3.05) is 39.8 Å². The van der Waals surface area contributed by atoms with Gasteiger partial charge in [0.05, 0.1) is 17.1 Å². The molecule has 0 saturated carbocycles. The summed E-state index contributed by atoms with van der Waals surface area (Å²) in [5, 5.41) is 6.14. The highest BCUT2D eigenvalue weighted by atomic mass is 32.1. The van der Waals surface area contributed by atoms with Crippen LogP contribution in [0.2, 0.25) is 0 Å². The minimum Gasteiger partial charge on any atom is -0.356 e. The normalized spacial score (nSPS) is 17.3. The van der Waals surface area contributed by atoms with Gasteiger partial charge in [-0.1, -0.05) is 60.7 Å². The van der Waals surface area contributed by atoms with Crippen LogP contribution in [0.15, 0.2) is 66.0 Å². The van der Waals surface area contributed by atoms with Gasteiger partial charge in [0.1, 0.15) is 0 Å². The fraction of sp³-hybridized carbons (Fsp3) is 0.385. The van der Waals surface area contributed by atoms with Crippen LogP contribution in [0.3, 0.4) is 0 Å². The Hall–Kier alpha value is -2.54. The number of carbonyl (C=O) groups is 1. The molecular weight excluding hydrogens is 416 g/mol. The smallest absolute Gasteiger partial charge is 0.226 e. The molecule has 1 amide bonds. The number of nitrogens with zero attached hydrogens (tertiary/aromatic N) is 3. The van der Waals surface area contributed by atoms with Crippen molar-refractivity contribution in [2.24, 2.45) is 0 Å². The fourth-order valence-corrected chi connectivity index (χ4v) is 5.06. The summed E-state index contributed by atoms with van der Waals surface area (Å²) in [6.07, 6.45) is 2.13. The highest BCUT2D eigenvalue weighted by molar-refractivity contribution is 7.09. The Morgan fingerprint density at radius 3 is 2.62 bits per heavy atom. The minimum atomic E-state index is 0.0551. The van der Waals surface area contributed by atoms with Gasteiger partial charge in [-0.25, -0.2) is 4.98 Å². The zero-order valence-corrected chi connectivity index (χ0v) is 19.6. The van der Waals surface area contributed by atoms with Gasteiger partial charge < -0.3 is 10.2 Å². The van der Waals surface area contributed by atoms with E-state index in [1.807, 2.05) is 23.6 Å². The lowest BCUT2D eigenvalue weighted by Crippen LogP contribution is -2.47. The molecule has 1 fully saturated rings. The van der Waals surface area contributed by atoms with Crippen LogP contribution < -0.4 is 5.32 Å². The van der Waals surface area contributed by atoms with E-state index in [0.717, 1.165) is 49.7 Å². The second-order valence-electron chi connectivity index (χ2n) is 8.50. The fourth-order valence-electron chi connectivity index (χ4n) is 4.23. The molecule has 3 aromatic rings. The van der Waals surface area contributed by atoms with Gasteiger partial charge in [-0.05, 0) is 24.6 Å². The zero-order chi connectivity index (χ0) is 22.2. The van der Waals surface area contributed by atoms with Crippen LogP contribution >= 0.6 is 11.3 Å². The summed E-state index contributed by atoms with van der Waals surface area (Å²) in [7, 11) is 2.19. The summed E-state index contributed by atoms with van der Waals surface area (Å²) in [6.45, 7) is 4.89. The summed E-state index contributed by atoms with van der Waals surface area (Å²) >= 11 is 1.63. The summed E-state index contributed by atoms with van der Waals surface area (Å²) < 4.78 is 0. The lowest BCUT2D eigenvalue weighted by molar-refractivity contribution is -0.120. The molecule has 0 aliphatic carbocycles. The van der Waals surface area contributed by atoms with Crippen LogP contribution in [0.25, 0.3) is 0 Å². The number of piperazine rings is 1. The van der Waals surface area contributed by atoms with E-state index in [0.29, 0.717) is 19.0 Å². The maximum Gasteiger partial charge on any atom is 0.226 e. The maximum atomic E-state index is 12.4. The highest BCUT2D eigenvalue weighted by Gasteiger charge is 2.25. The van der Waals surface area contributed by atoms with Gasteiger partial charge in [0, 0.05) is 50.6 Å². The molecule has 2 aromatic carbocycles.